The molecule has 0 spiro atoms. The molecular formula is C18H25Cl2N3O3S. The van der Waals surface area contributed by atoms with Crippen LogP contribution in [0, 0.1) is 6.92 Å². The molecule has 0 unspecified atom stereocenters. The van der Waals surface area contributed by atoms with Gasteiger partial charge >= 0.3 is 0 Å². The Kier molecular flexibility index (Phi) is 9.32. The van der Waals surface area contributed by atoms with Crippen molar-refractivity contribution >= 4 is 42.1 Å². The Morgan fingerprint density at radius 2 is 1.89 bits per heavy atom. The van der Waals surface area contributed by atoms with Crippen LogP contribution in [-0.4, -0.2) is 56.2 Å². The number of hydrogen-bond donors (Lipinski definition) is 1. The minimum atomic E-state index is 0. The number of amides is 1. The van der Waals surface area contributed by atoms with Gasteiger partial charge in [0.2, 0.25) is 0 Å². The fourth-order valence-electron chi connectivity index (χ4n) is 2.88. The van der Waals surface area contributed by atoms with Crippen LogP contribution in [0.4, 0.5) is 0 Å². The van der Waals surface area contributed by atoms with E-state index in [-0.39, 0.29) is 30.7 Å². The third-order valence-corrected chi connectivity index (χ3v) is 5.44. The second-order valence-electron chi connectivity index (χ2n) is 5.90. The summed E-state index contributed by atoms with van der Waals surface area (Å²) in [5.74, 6) is 1.40. The van der Waals surface area contributed by atoms with Gasteiger partial charge in [-0.2, -0.15) is 0 Å². The molecule has 0 atom stereocenters. The van der Waals surface area contributed by atoms with Crippen LogP contribution in [-0.2, 0) is 0 Å². The van der Waals surface area contributed by atoms with Crippen molar-refractivity contribution < 1.29 is 14.3 Å². The van der Waals surface area contributed by atoms with Crippen LogP contribution in [0.15, 0.2) is 18.2 Å². The highest BCUT2D eigenvalue weighted by molar-refractivity contribution is 7.17. The summed E-state index contributed by atoms with van der Waals surface area (Å²) >= 11 is 1.43. The third-order valence-electron chi connectivity index (χ3n) is 4.25. The number of aryl methyl sites for hydroxylation is 1. The molecule has 1 amide bonds. The molecule has 0 aliphatic carbocycles. The summed E-state index contributed by atoms with van der Waals surface area (Å²) in [6.45, 7) is 5.22. The molecule has 0 radical (unpaired) electrons. The average molecular weight is 434 g/mol. The molecule has 1 aliphatic heterocycles. The Labute approximate surface area is 176 Å². The Morgan fingerprint density at radius 3 is 2.59 bits per heavy atom. The number of aromatic nitrogens is 1. The van der Waals surface area contributed by atoms with Crippen molar-refractivity contribution in [3.05, 3.63) is 28.8 Å². The molecule has 1 fully saturated rings. The molecule has 1 saturated heterocycles. The molecule has 2 heterocycles. The van der Waals surface area contributed by atoms with Gasteiger partial charge in [-0.05, 0) is 38.1 Å². The lowest BCUT2D eigenvalue weighted by molar-refractivity contribution is 0.0770. The van der Waals surface area contributed by atoms with Crippen LogP contribution in [0.25, 0.3) is 10.6 Å². The minimum absolute atomic E-state index is 0. The molecule has 1 aromatic carbocycles. The first-order valence-electron chi connectivity index (χ1n) is 8.34. The molecule has 9 heteroatoms. The monoisotopic (exact) mass is 433 g/mol. The largest absolute Gasteiger partial charge is 0.493 e. The highest BCUT2D eigenvalue weighted by Crippen LogP contribution is 2.35. The maximum absolute atomic E-state index is 12.9. The highest BCUT2D eigenvalue weighted by atomic mass is 35.5. The number of carbonyl (C=O) groups excluding carboxylic acids is 1. The van der Waals surface area contributed by atoms with Crippen LogP contribution in [0.3, 0.4) is 0 Å². The molecule has 1 aliphatic rings. The van der Waals surface area contributed by atoms with E-state index in [2.05, 4.69) is 10.3 Å². The van der Waals surface area contributed by atoms with Crippen LogP contribution in [0.5, 0.6) is 11.5 Å². The summed E-state index contributed by atoms with van der Waals surface area (Å²) in [6.07, 6.45) is 0.978. The number of ether oxygens (including phenoxy) is 2. The van der Waals surface area contributed by atoms with Gasteiger partial charge in [-0.3, -0.25) is 4.79 Å². The highest BCUT2D eigenvalue weighted by Gasteiger charge is 2.23. The first kappa shape index (κ1) is 23.5. The van der Waals surface area contributed by atoms with Crippen LogP contribution in [0.2, 0.25) is 0 Å². The summed E-state index contributed by atoms with van der Waals surface area (Å²) in [5, 5.41) is 4.14. The topological polar surface area (TPSA) is 63.7 Å². The van der Waals surface area contributed by atoms with Crippen molar-refractivity contribution in [2.24, 2.45) is 0 Å². The number of rotatable bonds is 4. The second-order valence-corrected chi connectivity index (χ2v) is 6.90. The second kappa shape index (κ2) is 10.7. The summed E-state index contributed by atoms with van der Waals surface area (Å²) in [4.78, 5) is 20.1. The van der Waals surface area contributed by atoms with Crippen LogP contribution >= 0.6 is 36.2 Å². The van der Waals surface area contributed by atoms with Crippen molar-refractivity contribution in [3.63, 3.8) is 0 Å². The zero-order valence-electron chi connectivity index (χ0n) is 15.6. The number of benzene rings is 1. The number of halogens is 2. The van der Waals surface area contributed by atoms with Crippen molar-refractivity contribution in [2.45, 2.75) is 13.3 Å². The van der Waals surface area contributed by atoms with E-state index in [9.17, 15) is 4.79 Å². The molecule has 3 rings (SSSR count). The molecule has 0 bridgehead atoms. The lowest BCUT2D eigenvalue weighted by Crippen LogP contribution is -2.34. The summed E-state index contributed by atoms with van der Waals surface area (Å²) in [5.41, 5.74) is 1.69. The lowest BCUT2D eigenvalue weighted by atomic mass is 10.2. The Bertz CT molecular complexity index is 762. The van der Waals surface area contributed by atoms with E-state index in [0.29, 0.717) is 16.4 Å². The third kappa shape index (κ3) is 5.25. The summed E-state index contributed by atoms with van der Waals surface area (Å²) in [7, 11) is 3.22. The minimum Gasteiger partial charge on any atom is -0.493 e. The summed E-state index contributed by atoms with van der Waals surface area (Å²) < 4.78 is 10.6. The zero-order valence-corrected chi connectivity index (χ0v) is 18.1. The van der Waals surface area contributed by atoms with Crippen molar-refractivity contribution in [2.75, 3.05) is 40.4 Å². The fourth-order valence-corrected chi connectivity index (χ4v) is 3.91. The molecule has 6 nitrogen and oxygen atoms in total. The van der Waals surface area contributed by atoms with Gasteiger partial charge in [-0.1, -0.05) is 0 Å². The molecule has 1 aromatic heterocycles. The molecule has 27 heavy (non-hydrogen) atoms. The number of methoxy groups -OCH3 is 2. The van der Waals surface area contributed by atoms with Gasteiger partial charge in [0.05, 0.1) is 19.9 Å². The quantitative estimate of drug-likeness (QED) is 0.799. The average Bonchev–Trinajstić information content (AvgIpc) is 2.85. The number of hydrogen-bond acceptors (Lipinski definition) is 6. The number of thiazole rings is 1. The van der Waals surface area contributed by atoms with E-state index in [1.54, 1.807) is 14.2 Å². The number of nitrogens with one attached hydrogen (secondary N) is 1. The lowest BCUT2D eigenvalue weighted by Gasteiger charge is -2.19. The Balaban J connectivity index is 0.00000182. The zero-order chi connectivity index (χ0) is 17.8. The van der Waals surface area contributed by atoms with E-state index in [1.807, 2.05) is 30.0 Å². The smallest absolute Gasteiger partial charge is 0.265 e. The van der Waals surface area contributed by atoms with E-state index < -0.39 is 0 Å². The Morgan fingerprint density at radius 1 is 1.15 bits per heavy atom. The van der Waals surface area contributed by atoms with E-state index >= 15 is 0 Å². The Hall–Kier alpha value is -1.54. The predicted molar refractivity (Wildman–Crippen MR) is 113 cm³/mol. The van der Waals surface area contributed by atoms with E-state index in [1.165, 1.54) is 11.3 Å². The molecule has 0 saturated carbocycles. The van der Waals surface area contributed by atoms with Gasteiger partial charge in [-0.15, -0.1) is 36.2 Å². The van der Waals surface area contributed by atoms with Crippen molar-refractivity contribution in [1.29, 1.82) is 0 Å². The van der Waals surface area contributed by atoms with Gasteiger partial charge in [0, 0.05) is 25.2 Å². The van der Waals surface area contributed by atoms with E-state index in [0.717, 1.165) is 48.9 Å². The number of nitrogens with zero attached hydrogens (tertiary/aromatic N) is 2. The van der Waals surface area contributed by atoms with Gasteiger partial charge in [0.15, 0.2) is 11.5 Å². The van der Waals surface area contributed by atoms with Gasteiger partial charge in [0.1, 0.15) is 9.88 Å². The molecular weight excluding hydrogens is 409 g/mol. The SMILES string of the molecule is COc1ccc(-c2nc(C)c(C(=O)N3CCCNCC3)s2)cc1OC.Cl.Cl. The fraction of sp³-hybridized carbons (Fsp3) is 0.444. The maximum atomic E-state index is 12.9. The predicted octanol–water partition coefficient (Wildman–Crippen LogP) is 3.41. The molecule has 150 valence electrons. The molecule has 1 N–H and O–H groups in total. The summed E-state index contributed by atoms with van der Waals surface area (Å²) in [6, 6.07) is 5.68. The van der Waals surface area contributed by atoms with Crippen LogP contribution < -0.4 is 14.8 Å². The first-order chi connectivity index (χ1) is 12.1. The molecule has 2 aromatic rings. The van der Waals surface area contributed by atoms with Crippen LogP contribution in [0.1, 0.15) is 21.8 Å². The van der Waals surface area contributed by atoms with Crippen molar-refractivity contribution in [3.8, 4) is 22.1 Å². The number of carbonyl (C=O) groups is 1. The van der Waals surface area contributed by atoms with Gasteiger partial charge in [0.25, 0.3) is 5.91 Å². The maximum Gasteiger partial charge on any atom is 0.265 e. The van der Waals surface area contributed by atoms with Gasteiger partial charge < -0.3 is 19.7 Å². The van der Waals surface area contributed by atoms with Gasteiger partial charge in [-0.25, -0.2) is 4.98 Å². The normalized spacial score (nSPS) is 13.8. The van der Waals surface area contributed by atoms with Crippen molar-refractivity contribution in [1.82, 2.24) is 15.2 Å². The van der Waals surface area contributed by atoms with E-state index in [4.69, 9.17) is 9.47 Å². The first-order valence-corrected chi connectivity index (χ1v) is 9.15. The standard InChI is InChI=1S/C18H23N3O3S.2ClH/c1-12-16(18(22)21-9-4-7-19-8-10-21)25-17(20-12)13-5-6-14(23-2)15(11-13)24-3;;/h5-6,11,19H,4,7-10H2,1-3H3;2*1H.